The van der Waals surface area contributed by atoms with Crippen LogP contribution in [0, 0.1) is 0 Å². The number of aryl methyl sites for hydroxylation is 1. The lowest BCUT2D eigenvalue weighted by Crippen LogP contribution is -2.49. The Hall–Kier alpha value is -2.90. The number of carbonyl (C=O) groups is 2. The summed E-state index contributed by atoms with van der Waals surface area (Å²) in [5.74, 6) is 0.986. The van der Waals surface area contributed by atoms with Crippen molar-refractivity contribution in [3.05, 3.63) is 42.5 Å². The van der Waals surface area contributed by atoms with Crippen molar-refractivity contribution in [1.82, 2.24) is 25.4 Å². The molecule has 1 aromatic carbocycles. The second kappa shape index (κ2) is 6.54. The standard InChI is InChI=1S/C17H20N6O2/c24-16-8-13(9-22(16)14-4-2-1-3-5-14)21-17(25)20-12-6-7-15-18-11-19-23(15)10-12/h1-5,11-13H,6-10H2,(H2,20,21,25)/t12-,13-/m0/s1. The maximum absolute atomic E-state index is 12.3. The van der Waals surface area contributed by atoms with E-state index in [1.54, 1.807) is 11.2 Å². The van der Waals surface area contributed by atoms with E-state index in [1.165, 1.54) is 0 Å². The Balaban J connectivity index is 1.31. The van der Waals surface area contributed by atoms with Gasteiger partial charge in [0.2, 0.25) is 5.91 Å². The molecule has 0 spiro atoms. The van der Waals surface area contributed by atoms with Crippen LogP contribution in [0.4, 0.5) is 10.5 Å². The normalized spacial score (nSPS) is 22.6. The summed E-state index contributed by atoms with van der Waals surface area (Å²) >= 11 is 0. The van der Waals surface area contributed by atoms with Crippen LogP contribution in [0.5, 0.6) is 0 Å². The van der Waals surface area contributed by atoms with E-state index in [0.717, 1.165) is 24.4 Å². The number of aromatic nitrogens is 3. The number of urea groups is 1. The van der Waals surface area contributed by atoms with Crippen molar-refractivity contribution in [2.75, 3.05) is 11.4 Å². The van der Waals surface area contributed by atoms with Gasteiger partial charge in [0.05, 0.1) is 18.6 Å². The number of carbonyl (C=O) groups excluding carboxylic acids is 2. The highest BCUT2D eigenvalue weighted by Gasteiger charge is 2.32. The SMILES string of the molecule is O=C(N[C@H]1CC(=O)N(c2ccccc2)C1)N[C@H]1CCc2ncnn2C1. The Bertz CT molecular complexity index is 774. The van der Waals surface area contributed by atoms with Gasteiger partial charge in [-0.1, -0.05) is 18.2 Å². The minimum absolute atomic E-state index is 0.0246. The quantitative estimate of drug-likeness (QED) is 0.860. The molecular weight excluding hydrogens is 320 g/mol. The molecule has 2 aliphatic heterocycles. The minimum atomic E-state index is -0.235. The molecule has 8 nitrogen and oxygen atoms in total. The number of hydrogen-bond acceptors (Lipinski definition) is 4. The minimum Gasteiger partial charge on any atom is -0.334 e. The van der Waals surface area contributed by atoms with Crippen molar-refractivity contribution in [3.63, 3.8) is 0 Å². The topological polar surface area (TPSA) is 92.2 Å². The van der Waals surface area contributed by atoms with Gasteiger partial charge in [-0.3, -0.25) is 4.79 Å². The van der Waals surface area contributed by atoms with Gasteiger partial charge in [-0.15, -0.1) is 0 Å². The monoisotopic (exact) mass is 340 g/mol. The van der Waals surface area contributed by atoms with Gasteiger partial charge in [0.15, 0.2) is 0 Å². The highest BCUT2D eigenvalue weighted by molar-refractivity contribution is 5.96. The van der Waals surface area contributed by atoms with Crippen molar-refractivity contribution in [2.24, 2.45) is 0 Å². The molecule has 2 N–H and O–H groups in total. The predicted octanol–water partition coefficient (Wildman–Crippen LogP) is 0.698. The molecule has 2 atom stereocenters. The first-order valence-corrected chi connectivity index (χ1v) is 8.48. The third-order valence-corrected chi connectivity index (χ3v) is 4.67. The number of amides is 3. The average Bonchev–Trinajstić information content (AvgIpc) is 3.21. The van der Waals surface area contributed by atoms with E-state index in [2.05, 4.69) is 20.7 Å². The number of anilines is 1. The van der Waals surface area contributed by atoms with Gasteiger partial charge >= 0.3 is 6.03 Å². The van der Waals surface area contributed by atoms with Crippen LogP contribution in [0.3, 0.4) is 0 Å². The molecule has 1 fully saturated rings. The lowest BCUT2D eigenvalue weighted by molar-refractivity contribution is -0.117. The van der Waals surface area contributed by atoms with Gasteiger partial charge < -0.3 is 15.5 Å². The maximum atomic E-state index is 12.3. The Morgan fingerprint density at radius 1 is 1.12 bits per heavy atom. The predicted molar refractivity (Wildman–Crippen MR) is 91.0 cm³/mol. The first-order chi connectivity index (χ1) is 12.2. The third-order valence-electron chi connectivity index (χ3n) is 4.67. The summed E-state index contributed by atoms with van der Waals surface area (Å²) in [4.78, 5) is 30.4. The fourth-order valence-electron chi connectivity index (χ4n) is 3.43. The highest BCUT2D eigenvalue weighted by Crippen LogP contribution is 2.21. The summed E-state index contributed by atoms with van der Waals surface area (Å²) in [6.07, 6.45) is 3.50. The number of hydrogen-bond donors (Lipinski definition) is 2. The number of para-hydroxylation sites is 1. The van der Waals surface area contributed by atoms with Crippen molar-refractivity contribution in [3.8, 4) is 0 Å². The molecule has 1 saturated heterocycles. The molecule has 2 aliphatic rings. The van der Waals surface area contributed by atoms with Gasteiger partial charge in [0, 0.05) is 25.1 Å². The summed E-state index contributed by atoms with van der Waals surface area (Å²) in [6.45, 7) is 1.12. The van der Waals surface area contributed by atoms with E-state index in [1.807, 2.05) is 35.0 Å². The van der Waals surface area contributed by atoms with E-state index in [0.29, 0.717) is 19.5 Å². The van der Waals surface area contributed by atoms with Crippen molar-refractivity contribution in [2.45, 2.75) is 37.9 Å². The zero-order valence-corrected chi connectivity index (χ0v) is 13.8. The largest absolute Gasteiger partial charge is 0.334 e. The van der Waals surface area contributed by atoms with Crippen molar-refractivity contribution >= 4 is 17.6 Å². The molecule has 2 aromatic rings. The molecule has 8 heteroatoms. The fourth-order valence-corrected chi connectivity index (χ4v) is 3.43. The molecule has 0 saturated carbocycles. The molecule has 1 aromatic heterocycles. The average molecular weight is 340 g/mol. The van der Waals surface area contributed by atoms with Crippen LogP contribution in [-0.2, 0) is 17.8 Å². The van der Waals surface area contributed by atoms with Crippen LogP contribution in [0.1, 0.15) is 18.7 Å². The van der Waals surface area contributed by atoms with Crippen LogP contribution in [-0.4, -0.2) is 45.3 Å². The van der Waals surface area contributed by atoms with E-state index in [4.69, 9.17) is 0 Å². The lowest BCUT2D eigenvalue weighted by Gasteiger charge is -2.24. The number of nitrogens with one attached hydrogen (secondary N) is 2. The number of fused-ring (bicyclic) bond motifs is 1. The molecule has 0 unspecified atom stereocenters. The molecule has 25 heavy (non-hydrogen) atoms. The summed E-state index contributed by atoms with van der Waals surface area (Å²) in [5, 5.41) is 10.0. The molecule has 130 valence electrons. The van der Waals surface area contributed by atoms with Crippen LogP contribution < -0.4 is 15.5 Å². The zero-order chi connectivity index (χ0) is 17.2. The number of benzene rings is 1. The van der Waals surface area contributed by atoms with Gasteiger partial charge in [-0.2, -0.15) is 5.10 Å². The summed E-state index contributed by atoms with van der Waals surface area (Å²) < 4.78 is 1.82. The second-order valence-electron chi connectivity index (χ2n) is 6.45. The van der Waals surface area contributed by atoms with Crippen LogP contribution in [0.15, 0.2) is 36.7 Å². The zero-order valence-electron chi connectivity index (χ0n) is 13.8. The first-order valence-electron chi connectivity index (χ1n) is 8.48. The van der Waals surface area contributed by atoms with Crippen molar-refractivity contribution < 1.29 is 9.59 Å². The van der Waals surface area contributed by atoms with Gasteiger partial charge in [0.1, 0.15) is 12.2 Å². The Labute approximate surface area is 145 Å². The smallest absolute Gasteiger partial charge is 0.315 e. The van der Waals surface area contributed by atoms with E-state index >= 15 is 0 Å². The molecule has 0 bridgehead atoms. The van der Waals surface area contributed by atoms with E-state index in [-0.39, 0.29) is 24.0 Å². The molecule has 0 radical (unpaired) electrons. The Kier molecular flexibility index (Phi) is 4.09. The van der Waals surface area contributed by atoms with E-state index < -0.39 is 0 Å². The van der Waals surface area contributed by atoms with Gasteiger partial charge in [-0.25, -0.2) is 14.5 Å². The number of rotatable bonds is 3. The van der Waals surface area contributed by atoms with Crippen molar-refractivity contribution in [1.29, 1.82) is 0 Å². The second-order valence-corrected chi connectivity index (χ2v) is 6.45. The summed E-state index contributed by atoms with van der Waals surface area (Å²) in [5.41, 5.74) is 0.864. The fraction of sp³-hybridized carbons (Fsp3) is 0.412. The maximum Gasteiger partial charge on any atom is 0.315 e. The summed E-state index contributed by atoms with van der Waals surface area (Å²) in [6, 6.07) is 9.12. The van der Waals surface area contributed by atoms with E-state index in [9.17, 15) is 9.59 Å². The molecular formula is C17H20N6O2. The third kappa shape index (κ3) is 3.33. The molecule has 3 heterocycles. The van der Waals surface area contributed by atoms with Crippen LogP contribution >= 0.6 is 0 Å². The molecule has 0 aliphatic carbocycles. The highest BCUT2D eigenvalue weighted by atomic mass is 16.2. The van der Waals surface area contributed by atoms with Gasteiger partial charge in [-0.05, 0) is 18.6 Å². The molecule has 3 amide bonds. The Morgan fingerprint density at radius 2 is 1.92 bits per heavy atom. The Morgan fingerprint density at radius 3 is 2.76 bits per heavy atom. The first kappa shape index (κ1) is 15.6. The lowest BCUT2D eigenvalue weighted by atomic mass is 10.1. The van der Waals surface area contributed by atoms with Gasteiger partial charge in [0.25, 0.3) is 0 Å². The molecule has 4 rings (SSSR count). The summed E-state index contributed by atoms with van der Waals surface area (Å²) in [7, 11) is 0. The number of nitrogens with zero attached hydrogens (tertiary/aromatic N) is 4. The van der Waals surface area contributed by atoms with Crippen LogP contribution in [0.2, 0.25) is 0 Å². The van der Waals surface area contributed by atoms with Crippen LogP contribution in [0.25, 0.3) is 0 Å².